The third kappa shape index (κ3) is 3.49. The van der Waals surface area contributed by atoms with Crippen LogP contribution in [0.1, 0.15) is 0 Å². The summed E-state index contributed by atoms with van der Waals surface area (Å²) in [6, 6.07) is 0. The van der Waals surface area contributed by atoms with E-state index in [-0.39, 0.29) is 0 Å². The van der Waals surface area contributed by atoms with E-state index in [2.05, 4.69) is 17.4 Å². The van der Waals surface area contributed by atoms with Gasteiger partial charge in [0, 0.05) is 33.7 Å². The average Bonchev–Trinajstić information content (AvgIpc) is 2.01. The van der Waals surface area contributed by atoms with Crippen molar-refractivity contribution in [2.75, 3.05) is 47.4 Å². The normalized spacial score (nSPS) is 26.5. The molecule has 0 bridgehead atoms. The Morgan fingerprint density at radius 2 is 2.33 bits per heavy atom. The first-order chi connectivity index (χ1) is 5.68. The van der Waals surface area contributed by atoms with Gasteiger partial charge in [-0.25, -0.2) is 0 Å². The van der Waals surface area contributed by atoms with Crippen molar-refractivity contribution < 1.29 is 4.74 Å². The largest absolute Gasteiger partial charge is 0.374 e. The Morgan fingerprint density at radius 1 is 1.58 bits per heavy atom. The Morgan fingerprint density at radius 3 is 2.92 bits per heavy atom. The van der Waals surface area contributed by atoms with Crippen LogP contribution < -0.4 is 5.43 Å². The molecule has 1 unspecified atom stereocenters. The summed E-state index contributed by atoms with van der Waals surface area (Å²) < 4.78 is 5.57. The lowest BCUT2D eigenvalue weighted by molar-refractivity contribution is -0.0248. The average molecular weight is 173 g/mol. The Labute approximate surface area is 74.4 Å². The zero-order chi connectivity index (χ0) is 8.97. The summed E-state index contributed by atoms with van der Waals surface area (Å²) in [7, 11) is 6.12. The number of rotatable bonds is 3. The number of hydrogen-bond acceptors (Lipinski definition) is 4. The summed E-state index contributed by atoms with van der Waals surface area (Å²) in [5.41, 5.74) is 3.22. The molecule has 12 heavy (non-hydrogen) atoms. The molecule has 0 aromatic rings. The highest BCUT2D eigenvalue weighted by atomic mass is 16.5. The van der Waals surface area contributed by atoms with Gasteiger partial charge in [0.05, 0.1) is 12.7 Å². The first-order valence-corrected chi connectivity index (χ1v) is 4.39. The second-order valence-corrected chi connectivity index (χ2v) is 3.51. The molecule has 1 heterocycles. The summed E-state index contributed by atoms with van der Waals surface area (Å²) >= 11 is 0. The van der Waals surface area contributed by atoms with Crippen molar-refractivity contribution in [3.05, 3.63) is 0 Å². The predicted octanol–water partition coefficient (Wildman–Crippen LogP) is -0.617. The van der Waals surface area contributed by atoms with Crippen LogP contribution in [0.15, 0.2) is 0 Å². The molecule has 4 nitrogen and oxygen atoms in total. The van der Waals surface area contributed by atoms with Crippen molar-refractivity contribution in [1.82, 2.24) is 15.3 Å². The fraction of sp³-hybridized carbons (Fsp3) is 1.00. The molecule has 4 heteroatoms. The van der Waals surface area contributed by atoms with E-state index >= 15 is 0 Å². The van der Waals surface area contributed by atoms with Crippen LogP contribution in [-0.2, 0) is 4.74 Å². The Kier molecular flexibility index (Phi) is 3.94. The van der Waals surface area contributed by atoms with E-state index in [1.54, 1.807) is 0 Å². The summed E-state index contributed by atoms with van der Waals surface area (Å²) in [6.07, 6.45) is 0.339. The number of likely N-dealkylation sites (N-methyl/N-ethyl adjacent to an activating group) is 1. The third-order valence-electron chi connectivity index (χ3n) is 1.98. The number of nitrogens with one attached hydrogen (secondary N) is 1. The van der Waals surface area contributed by atoms with Crippen LogP contribution in [0.25, 0.3) is 0 Å². The molecule has 1 saturated heterocycles. The van der Waals surface area contributed by atoms with Gasteiger partial charge in [0.15, 0.2) is 0 Å². The molecule has 0 aromatic heterocycles. The highest BCUT2D eigenvalue weighted by Crippen LogP contribution is 2.01. The van der Waals surface area contributed by atoms with Crippen LogP contribution in [0.4, 0.5) is 0 Å². The molecule has 1 N–H and O–H groups in total. The third-order valence-corrected chi connectivity index (χ3v) is 1.98. The lowest BCUT2D eigenvalue weighted by Crippen LogP contribution is -2.47. The second-order valence-electron chi connectivity index (χ2n) is 3.51. The topological polar surface area (TPSA) is 27.7 Å². The quantitative estimate of drug-likeness (QED) is 0.576. The van der Waals surface area contributed by atoms with E-state index in [1.807, 2.05) is 19.1 Å². The fourth-order valence-corrected chi connectivity index (χ4v) is 1.27. The van der Waals surface area contributed by atoms with Crippen LogP contribution in [0.3, 0.4) is 0 Å². The Hall–Kier alpha value is -0.160. The first kappa shape index (κ1) is 9.92. The molecule has 0 spiro atoms. The van der Waals surface area contributed by atoms with Crippen molar-refractivity contribution in [3.8, 4) is 0 Å². The maximum atomic E-state index is 5.57. The minimum atomic E-state index is 0.339. The summed E-state index contributed by atoms with van der Waals surface area (Å²) in [5, 5.41) is 1.96. The molecule has 72 valence electrons. The van der Waals surface area contributed by atoms with Gasteiger partial charge in [0.2, 0.25) is 0 Å². The highest BCUT2D eigenvalue weighted by molar-refractivity contribution is 4.69. The number of hydrazine groups is 1. The Balaban J connectivity index is 2.14. The maximum absolute atomic E-state index is 5.57. The molecule has 0 aromatic carbocycles. The lowest BCUT2D eigenvalue weighted by Gasteiger charge is -2.30. The molecule has 0 saturated carbocycles. The SMILES string of the molecule is CN1CCOC(CNN(C)C)C1. The van der Waals surface area contributed by atoms with Crippen LogP contribution in [0.5, 0.6) is 0 Å². The van der Waals surface area contributed by atoms with E-state index in [0.717, 1.165) is 26.2 Å². The molecule has 0 radical (unpaired) electrons. The van der Waals surface area contributed by atoms with Gasteiger partial charge in [-0.3, -0.25) is 10.4 Å². The maximum Gasteiger partial charge on any atom is 0.0840 e. The van der Waals surface area contributed by atoms with Crippen LogP contribution in [0.2, 0.25) is 0 Å². The van der Waals surface area contributed by atoms with Gasteiger partial charge < -0.3 is 9.64 Å². The van der Waals surface area contributed by atoms with Gasteiger partial charge in [-0.2, -0.15) is 0 Å². The lowest BCUT2D eigenvalue weighted by atomic mass is 10.3. The number of nitrogens with zero attached hydrogens (tertiary/aromatic N) is 2. The zero-order valence-electron chi connectivity index (χ0n) is 8.21. The molecule has 1 aliphatic rings. The number of hydrogen-bond donors (Lipinski definition) is 1. The van der Waals surface area contributed by atoms with Crippen molar-refractivity contribution >= 4 is 0 Å². The first-order valence-electron chi connectivity index (χ1n) is 4.39. The summed E-state index contributed by atoms with van der Waals surface area (Å²) in [4.78, 5) is 2.30. The van der Waals surface area contributed by atoms with Gasteiger partial charge >= 0.3 is 0 Å². The van der Waals surface area contributed by atoms with Crippen LogP contribution in [-0.4, -0.2) is 63.4 Å². The van der Waals surface area contributed by atoms with Gasteiger partial charge in [0.25, 0.3) is 0 Å². The molecule has 1 rings (SSSR count). The molecular weight excluding hydrogens is 154 g/mol. The van der Waals surface area contributed by atoms with Crippen molar-refractivity contribution in [2.24, 2.45) is 0 Å². The summed E-state index contributed by atoms with van der Waals surface area (Å²) in [6.45, 7) is 3.84. The monoisotopic (exact) mass is 173 g/mol. The van der Waals surface area contributed by atoms with E-state index in [1.165, 1.54) is 0 Å². The zero-order valence-corrected chi connectivity index (χ0v) is 8.21. The van der Waals surface area contributed by atoms with E-state index in [0.29, 0.717) is 6.10 Å². The number of ether oxygens (including phenoxy) is 1. The second kappa shape index (κ2) is 4.77. The van der Waals surface area contributed by atoms with Gasteiger partial charge in [-0.05, 0) is 7.05 Å². The van der Waals surface area contributed by atoms with E-state index in [4.69, 9.17) is 4.74 Å². The number of morpholine rings is 1. The van der Waals surface area contributed by atoms with Crippen molar-refractivity contribution in [1.29, 1.82) is 0 Å². The molecule has 0 aliphatic carbocycles. The van der Waals surface area contributed by atoms with Crippen molar-refractivity contribution in [2.45, 2.75) is 6.10 Å². The minimum absolute atomic E-state index is 0.339. The Bertz CT molecular complexity index is 129. The van der Waals surface area contributed by atoms with Gasteiger partial charge in [-0.15, -0.1) is 0 Å². The van der Waals surface area contributed by atoms with E-state index in [9.17, 15) is 0 Å². The van der Waals surface area contributed by atoms with E-state index < -0.39 is 0 Å². The van der Waals surface area contributed by atoms with Crippen molar-refractivity contribution in [3.63, 3.8) is 0 Å². The molecule has 1 fully saturated rings. The van der Waals surface area contributed by atoms with Gasteiger partial charge in [-0.1, -0.05) is 0 Å². The smallest absolute Gasteiger partial charge is 0.0840 e. The summed E-state index contributed by atoms with van der Waals surface area (Å²) in [5.74, 6) is 0. The van der Waals surface area contributed by atoms with Gasteiger partial charge in [0.1, 0.15) is 0 Å². The molecule has 0 amide bonds. The predicted molar refractivity (Wildman–Crippen MR) is 48.9 cm³/mol. The molecular formula is C8H19N3O. The standard InChI is InChI=1S/C8H19N3O/c1-10(2)9-6-8-7-11(3)4-5-12-8/h8-9H,4-7H2,1-3H3. The molecule has 1 atom stereocenters. The highest BCUT2D eigenvalue weighted by Gasteiger charge is 2.16. The van der Waals surface area contributed by atoms with Crippen LogP contribution >= 0.6 is 0 Å². The molecule has 1 aliphatic heterocycles. The fourth-order valence-electron chi connectivity index (χ4n) is 1.27. The minimum Gasteiger partial charge on any atom is -0.374 e. The van der Waals surface area contributed by atoms with Crippen LogP contribution in [0, 0.1) is 0 Å².